The number of urea groups is 1. The number of hydrogen-bond donors (Lipinski definition) is 4. The topological polar surface area (TPSA) is 107 Å². The molecule has 0 bridgehead atoms. The standard InChI is InChI=1S/C14H22N4O3/c19-12(20)9-14(4-2-5-14)10-18-13(21)17-6-1-3-11-15-7-8-16-11/h7-8H,1-6,9-10H2,(H,15,16)(H,19,20)(H2,17,18,21). The largest absolute Gasteiger partial charge is 0.481 e. The third-order valence-electron chi connectivity index (χ3n) is 4.00. The number of nitrogens with zero attached hydrogens (tertiary/aromatic N) is 1. The number of amides is 2. The van der Waals surface area contributed by atoms with E-state index in [0.29, 0.717) is 13.1 Å². The minimum Gasteiger partial charge on any atom is -0.481 e. The number of carbonyl (C=O) groups is 2. The van der Waals surface area contributed by atoms with Crippen LogP contribution in [0.25, 0.3) is 0 Å². The maximum Gasteiger partial charge on any atom is 0.314 e. The summed E-state index contributed by atoms with van der Waals surface area (Å²) < 4.78 is 0. The quantitative estimate of drug-likeness (QED) is 0.542. The van der Waals surface area contributed by atoms with Crippen molar-refractivity contribution in [1.29, 1.82) is 0 Å². The van der Waals surface area contributed by atoms with E-state index in [-0.39, 0.29) is 17.9 Å². The molecule has 0 aliphatic heterocycles. The number of imidazole rings is 1. The molecule has 0 radical (unpaired) electrons. The molecule has 1 fully saturated rings. The molecule has 1 aromatic rings. The van der Waals surface area contributed by atoms with Crippen molar-refractivity contribution < 1.29 is 14.7 Å². The summed E-state index contributed by atoms with van der Waals surface area (Å²) in [5.41, 5.74) is -0.239. The van der Waals surface area contributed by atoms with E-state index in [4.69, 9.17) is 5.11 Å². The number of aromatic nitrogens is 2. The molecule has 116 valence electrons. The lowest BCUT2D eigenvalue weighted by atomic mass is 9.66. The maximum absolute atomic E-state index is 11.7. The van der Waals surface area contributed by atoms with Crippen molar-refractivity contribution in [3.8, 4) is 0 Å². The Labute approximate surface area is 123 Å². The molecule has 0 spiro atoms. The fraction of sp³-hybridized carbons (Fsp3) is 0.643. The van der Waals surface area contributed by atoms with E-state index in [1.165, 1.54) is 0 Å². The van der Waals surface area contributed by atoms with Crippen LogP contribution >= 0.6 is 0 Å². The highest BCUT2D eigenvalue weighted by atomic mass is 16.4. The predicted molar refractivity (Wildman–Crippen MR) is 76.8 cm³/mol. The van der Waals surface area contributed by atoms with Gasteiger partial charge in [0.15, 0.2) is 0 Å². The van der Waals surface area contributed by atoms with Crippen LogP contribution in [0.1, 0.15) is 37.9 Å². The summed E-state index contributed by atoms with van der Waals surface area (Å²) in [6.45, 7) is 1.00. The lowest BCUT2D eigenvalue weighted by Gasteiger charge is -2.40. The Bertz CT molecular complexity index is 469. The van der Waals surface area contributed by atoms with Gasteiger partial charge in [0.25, 0.3) is 0 Å². The van der Waals surface area contributed by atoms with Crippen molar-refractivity contribution >= 4 is 12.0 Å². The van der Waals surface area contributed by atoms with Gasteiger partial charge >= 0.3 is 12.0 Å². The molecule has 7 nitrogen and oxygen atoms in total. The molecule has 0 aromatic carbocycles. The Morgan fingerprint density at radius 1 is 1.38 bits per heavy atom. The maximum atomic E-state index is 11.7. The molecule has 0 saturated heterocycles. The smallest absolute Gasteiger partial charge is 0.314 e. The minimum absolute atomic E-state index is 0.131. The normalized spacial score (nSPS) is 16.0. The molecule has 1 saturated carbocycles. The van der Waals surface area contributed by atoms with E-state index < -0.39 is 5.97 Å². The number of carboxylic acid groups (broad SMARTS) is 1. The van der Waals surface area contributed by atoms with Crippen molar-refractivity contribution in [2.75, 3.05) is 13.1 Å². The van der Waals surface area contributed by atoms with Crippen LogP contribution in [-0.2, 0) is 11.2 Å². The Morgan fingerprint density at radius 2 is 2.19 bits per heavy atom. The van der Waals surface area contributed by atoms with Crippen LogP contribution in [0.2, 0.25) is 0 Å². The number of nitrogens with one attached hydrogen (secondary N) is 3. The van der Waals surface area contributed by atoms with Gasteiger partial charge in [-0.3, -0.25) is 4.79 Å². The summed E-state index contributed by atoms with van der Waals surface area (Å²) in [4.78, 5) is 29.6. The van der Waals surface area contributed by atoms with E-state index in [1.807, 2.05) is 0 Å². The van der Waals surface area contributed by atoms with Gasteiger partial charge in [-0.15, -0.1) is 0 Å². The lowest BCUT2D eigenvalue weighted by Crippen LogP contribution is -2.46. The molecule has 7 heteroatoms. The highest BCUT2D eigenvalue weighted by molar-refractivity contribution is 5.74. The lowest BCUT2D eigenvalue weighted by molar-refractivity contribution is -0.141. The number of aliphatic carboxylic acids is 1. The van der Waals surface area contributed by atoms with Crippen LogP contribution in [0, 0.1) is 5.41 Å². The second kappa shape index (κ2) is 7.10. The summed E-state index contributed by atoms with van der Waals surface area (Å²) in [6.07, 6.45) is 7.99. The van der Waals surface area contributed by atoms with Crippen LogP contribution in [-0.4, -0.2) is 40.2 Å². The molecule has 0 atom stereocenters. The van der Waals surface area contributed by atoms with Crippen LogP contribution in [0.15, 0.2) is 12.4 Å². The van der Waals surface area contributed by atoms with Gasteiger partial charge < -0.3 is 20.7 Å². The molecule has 1 aromatic heterocycles. The van der Waals surface area contributed by atoms with Gasteiger partial charge in [-0.05, 0) is 24.7 Å². The molecule has 1 heterocycles. The second-order valence-electron chi connectivity index (χ2n) is 5.67. The number of carboxylic acids is 1. The summed E-state index contributed by atoms with van der Waals surface area (Å²) in [5, 5.41) is 14.5. The minimum atomic E-state index is -0.796. The highest BCUT2D eigenvalue weighted by Gasteiger charge is 2.39. The third kappa shape index (κ3) is 4.77. The summed E-state index contributed by atoms with van der Waals surface area (Å²) in [6, 6.07) is -0.230. The van der Waals surface area contributed by atoms with E-state index in [0.717, 1.165) is 37.9 Å². The first-order valence-electron chi connectivity index (χ1n) is 7.31. The Kier molecular flexibility index (Phi) is 5.19. The zero-order chi connectivity index (χ0) is 15.1. The number of H-pyrrole nitrogens is 1. The molecule has 4 N–H and O–H groups in total. The molecule has 21 heavy (non-hydrogen) atoms. The van der Waals surface area contributed by atoms with Crippen LogP contribution in [0.3, 0.4) is 0 Å². The average molecular weight is 294 g/mol. The summed E-state index contributed by atoms with van der Waals surface area (Å²) in [5.74, 6) is 0.113. The molecule has 1 aliphatic carbocycles. The van der Waals surface area contributed by atoms with Crippen LogP contribution in [0.5, 0.6) is 0 Å². The van der Waals surface area contributed by atoms with Gasteiger partial charge in [0.2, 0.25) is 0 Å². The number of hydrogen-bond acceptors (Lipinski definition) is 3. The van der Waals surface area contributed by atoms with Crippen molar-refractivity contribution in [3.63, 3.8) is 0 Å². The molecular formula is C14H22N4O3. The van der Waals surface area contributed by atoms with Crippen molar-refractivity contribution in [3.05, 3.63) is 18.2 Å². The zero-order valence-corrected chi connectivity index (χ0v) is 12.0. The summed E-state index contributed by atoms with van der Waals surface area (Å²) >= 11 is 0. The monoisotopic (exact) mass is 294 g/mol. The van der Waals surface area contributed by atoms with E-state index in [2.05, 4.69) is 20.6 Å². The fourth-order valence-electron chi connectivity index (χ4n) is 2.64. The summed E-state index contributed by atoms with van der Waals surface area (Å²) in [7, 11) is 0. The molecule has 1 aliphatic rings. The van der Waals surface area contributed by atoms with Crippen LogP contribution in [0.4, 0.5) is 4.79 Å². The first-order valence-corrected chi connectivity index (χ1v) is 7.31. The Hall–Kier alpha value is -2.05. The second-order valence-corrected chi connectivity index (χ2v) is 5.67. The van der Waals surface area contributed by atoms with Gasteiger partial charge in [0.05, 0.1) is 6.42 Å². The Morgan fingerprint density at radius 3 is 2.76 bits per heavy atom. The van der Waals surface area contributed by atoms with Gasteiger partial charge in [0, 0.05) is 31.9 Å². The van der Waals surface area contributed by atoms with Crippen molar-refractivity contribution in [2.45, 2.75) is 38.5 Å². The molecule has 2 rings (SSSR count). The number of aromatic amines is 1. The first-order chi connectivity index (χ1) is 10.1. The zero-order valence-electron chi connectivity index (χ0n) is 12.0. The van der Waals surface area contributed by atoms with E-state index >= 15 is 0 Å². The van der Waals surface area contributed by atoms with Gasteiger partial charge in [-0.1, -0.05) is 6.42 Å². The number of carbonyl (C=O) groups excluding carboxylic acids is 1. The average Bonchev–Trinajstić information content (AvgIpc) is 2.90. The predicted octanol–water partition coefficient (Wildman–Crippen LogP) is 1.29. The SMILES string of the molecule is O=C(O)CC1(CNC(=O)NCCCc2ncc[nH]2)CCC1. The van der Waals surface area contributed by atoms with E-state index in [9.17, 15) is 9.59 Å². The van der Waals surface area contributed by atoms with Gasteiger partial charge in [-0.2, -0.15) is 0 Å². The Balaban J connectivity index is 1.59. The van der Waals surface area contributed by atoms with E-state index in [1.54, 1.807) is 12.4 Å². The molecule has 0 unspecified atom stereocenters. The molecular weight excluding hydrogens is 272 g/mol. The third-order valence-corrected chi connectivity index (χ3v) is 4.00. The van der Waals surface area contributed by atoms with Crippen molar-refractivity contribution in [1.82, 2.24) is 20.6 Å². The van der Waals surface area contributed by atoms with Crippen molar-refractivity contribution in [2.24, 2.45) is 5.41 Å². The van der Waals surface area contributed by atoms with Gasteiger partial charge in [0.1, 0.15) is 5.82 Å². The fourth-order valence-corrected chi connectivity index (χ4v) is 2.64. The number of aryl methyl sites for hydroxylation is 1. The van der Waals surface area contributed by atoms with Gasteiger partial charge in [-0.25, -0.2) is 9.78 Å². The molecule has 2 amide bonds. The first kappa shape index (κ1) is 15.3. The highest BCUT2D eigenvalue weighted by Crippen LogP contribution is 2.43. The van der Waals surface area contributed by atoms with Crippen LogP contribution < -0.4 is 10.6 Å². The number of rotatable bonds is 8.